The Morgan fingerprint density at radius 3 is 2.83 bits per heavy atom. The number of thiophene rings is 1. The fourth-order valence-electron chi connectivity index (χ4n) is 4.01. The number of hydrogen-bond acceptors (Lipinski definition) is 6. The van der Waals surface area contributed by atoms with Gasteiger partial charge in [0.05, 0.1) is 11.5 Å². The number of hydrogen-bond donors (Lipinski definition) is 2. The molecular formula is C22H18ClN3O2S2. The monoisotopic (exact) mass is 455 g/mol. The number of fused-ring (bicyclic) bond motifs is 1. The lowest BCUT2D eigenvalue weighted by atomic mass is 9.79. The van der Waals surface area contributed by atoms with Crippen molar-refractivity contribution in [3.8, 4) is 0 Å². The molecule has 1 aliphatic heterocycles. The lowest BCUT2D eigenvalue weighted by molar-refractivity contribution is -0.116. The minimum absolute atomic E-state index is 0.115. The first-order valence-electron chi connectivity index (χ1n) is 9.69. The molecule has 5 rings (SSSR count). The molecule has 5 nitrogen and oxygen atoms in total. The van der Waals surface area contributed by atoms with Gasteiger partial charge in [0.2, 0.25) is 0 Å². The van der Waals surface area contributed by atoms with Gasteiger partial charge in [0.15, 0.2) is 10.9 Å². The minimum Gasteiger partial charge on any atom is -0.343 e. The summed E-state index contributed by atoms with van der Waals surface area (Å²) in [7, 11) is 0. The Morgan fingerprint density at radius 2 is 2.03 bits per heavy atom. The van der Waals surface area contributed by atoms with Gasteiger partial charge in [0.25, 0.3) is 5.56 Å². The molecule has 0 saturated heterocycles. The van der Waals surface area contributed by atoms with Crippen LogP contribution in [0.1, 0.15) is 41.2 Å². The van der Waals surface area contributed by atoms with E-state index in [1.54, 1.807) is 11.3 Å². The number of rotatable bonds is 4. The highest BCUT2D eigenvalue weighted by Crippen LogP contribution is 2.44. The van der Waals surface area contributed by atoms with Gasteiger partial charge in [-0.1, -0.05) is 47.6 Å². The van der Waals surface area contributed by atoms with Gasteiger partial charge in [-0.2, -0.15) is 0 Å². The Labute approximate surface area is 186 Å². The second kappa shape index (κ2) is 8.06. The van der Waals surface area contributed by atoms with Crippen molar-refractivity contribution in [3.63, 3.8) is 0 Å². The van der Waals surface area contributed by atoms with Gasteiger partial charge >= 0.3 is 0 Å². The number of Topliss-reactive ketones (excluding diaryl/α,β-unsaturated/α-hetero) is 1. The molecule has 8 heteroatoms. The fourth-order valence-corrected chi connectivity index (χ4v) is 6.00. The number of ketones is 1. The highest BCUT2D eigenvalue weighted by molar-refractivity contribution is 7.98. The summed E-state index contributed by atoms with van der Waals surface area (Å²) in [4.78, 5) is 34.5. The normalized spacial score (nSPS) is 18.0. The molecule has 1 aliphatic carbocycles. The fraction of sp³-hybridized carbons (Fsp3) is 0.227. The number of carbonyl (C=O) groups is 1. The van der Waals surface area contributed by atoms with E-state index in [4.69, 9.17) is 16.6 Å². The van der Waals surface area contributed by atoms with E-state index in [1.807, 2.05) is 41.8 Å². The molecule has 152 valence electrons. The van der Waals surface area contributed by atoms with E-state index >= 15 is 0 Å². The number of aromatic nitrogens is 2. The molecule has 1 aromatic carbocycles. The van der Waals surface area contributed by atoms with Crippen molar-refractivity contribution in [2.24, 2.45) is 0 Å². The van der Waals surface area contributed by atoms with Crippen LogP contribution in [0.25, 0.3) is 0 Å². The van der Waals surface area contributed by atoms with Crippen LogP contribution in [-0.4, -0.2) is 15.8 Å². The van der Waals surface area contributed by atoms with Crippen molar-refractivity contribution in [1.82, 2.24) is 9.97 Å². The number of nitrogens with zero attached hydrogens (tertiary/aromatic N) is 1. The average molecular weight is 456 g/mol. The topological polar surface area (TPSA) is 74.8 Å². The molecule has 0 fully saturated rings. The average Bonchev–Trinajstić information content (AvgIpc) is 3.26. The van der Waals surface area contributed by atoms with E-state index in [1.165, 1.54) is 11.8 Å². The third-order valence-electron chi connectivity index (χ3n) is 5.39. The summed E-state index contributed by atoms with van der Waals surface area (Å²) < 4.78 is 0. The predicted molar refractivity (Wildman–Crippen MR) is 122 cm³/mol. The maximum Gasteiger partial charge on any atom is 0.257 e. The van der Waals surface area contributed by atoms with E-state index in [-0.39, 0.29) is 17.3 Å². The first-order chi connectivity index (χ1) is 14.6. The molecule has 0 radical (unpaired) electrons. The molecule has 0 spiro atoms. The van der Waals surface area contributed by atoms with Gasteiger partial charge in [-0.05, 0) is 35.9 Å². The maximum absolute atomic E-state index is 13.1. The third-order valence-corrected chi connectivity index (χ3v) is 7.61. The summed E-state index contributed by atoms with van der Waals surface area (Å²) in [6.07, 6.45) is 2.13. The van der Waals surface area contributed by atoms with Crippen LogP contribution in [0.3, 0.4) is 0 Å². The molecule has 2 aromatic heterocycles. The minimum atomic E-state index is -0.358. The third kappa shape index (κ3) is 3.51. The SMILES string of the molecule is O=C1CCCC2=C1[C@@H](c1cccs1)c1c(nc(SCc3ccccc3Cl)[nH]c1=O)N2. The molecule has 2 aliphatic rings. The van der Waals surface area contributed by atoms with Crippen molar-refractivity contribution >= 4 is 46.3 Å². The molecule has 2 N–H and O–H groups in total. The smallest absolute Gasteiger partial charge is 0.257 e. The summed E-state index contributed by atoms with van der Waals surface area (Å²) in [6, 6.07) is 11.6. The maximum atomic E-state index is 13.1. The summed E-state index contributed by atoms with van der Waals surface area (Å²) in [5.41, 5.74) is 2.92. The first-order valence-corrected chi connectivity index (χ1v) is 11.9. The zero-order chi connectivity index (χ0) is 20.7. The van der Waals surface area contributed by atoms with Crippen LogP contribution in [0.5, 0.6) is 0 Å². The molecule has 1 atom stereocenters. The Bertz CT molecular complexity index is 1220. The van der Waals surface area contributed by atoms with Crippen molar-refractivity contribution in [3.05, 3.63) is 84.4 Å². The number of carbonyl (C=O) groups excluding carboxylic acids is 1. The Kier molecular flexibility index (Phi) is 5.26. The van der Waals surface area contributed by atoms with Gasteiger partial charge in [0.1, 0.15) is 5.82 Å². The van der Waals surface area contributed by atoms with Gasteiger partial charge in [0, 0.05) is 33.3 Å². The number of H-pyrrole nitrogens is 1. The zero-order valence-corrected chi connectivity index (χ0v) is 18.3. The molecule has 3 aromatic rings. The quantitative estimate of drug-likeness (QED) is 0.410. The molecule has 30 heavy (non-hydrogen) atoms. The Balaban J connectivity index is 1.55. The van der Waals surface area contributed by atoms with Gasteiger partial charge in [-0.15, -0.1) is 11.3 Å². The second-order valence-corrected chi connectivity index (χ2v) is 9.61. The molecule has 3 heterocycles. The van der Waals surface area contributed by atoms with Crippen LogP contribution in [-0.2, 0) is 10.5 Å². The Morgan fingerprint density at radius 1 is 1.17 bits per heavy atom. The Hall–Kier alpha value is -2.35. The molecule has 0 saturated carbocycles. The lowest BCUT2D eigenvalue weighted by Crippen LogP contribution is -2.32. The lowest BCUT2D eigenvalue weighted by Gasteiger charge is -2.32. The van der Waals surface area contributed by atoms with Crippen molar-refractivity contribution in [1.29, 1.82) is 0 Å². The molecule has 0 unspecified atom stereocenters. The van der Waals surface area contributed by atoms with E-state index in [0.717, 1.165) is 34.6 Å². The zero-order valence-electron chi connectivity index (χ0n) is 15.9. The van der Waals surface area contributed by atoms with Crippen LogP contribution >= 0.6 is 34.7 Å². The van der Waals surface area contributed by atoms with Crippen LogP contribution in [0.2, 0.25) is 5.02 Å². The standard InChI is InChI=1S/C22H18ClN3O2S2/c23-13-6-2-1-5-12(13)11-30-22-25-20-19(21(28)26-22)18(16-9-4-10-29-16)17-14(24-20)7-3-8-15(17)27/h1-2,4-6,9-10,18H,3,7-8,11H2,(H2,24,25,26,28)/t18-/m1/s1. The van der Waals surface area contributed by atoms with Crippen LogP contribution in [0, 0.1) is 0 Å². The van der Waals surface area contributed by atoms with Gasteiger partial charge < -0.3 is 10.3 Å². The van der Waals surface area contributed by atoms with E-state index in [2.05, 4.69) is 10.3 Å². The second-order valence-electron chi connectivity index (χ2n) is 7.26. The molecular weight excluding hydrogens is 438 g/mol. The molecule has 0 amide bonds. The number of allylic oxidation sites excluding steroid dienone is 2. The van der Waals surface area contributed by atoms with Crippen molar-refractivity contribution < 1.29 is 4.79 Å². The number of benzene rings is 1. The highest BCUT2D eigenvalue weighted by atomic mass is 35.5. The first kappa shape index (κ1) is 19.6. The van der Waals surface area contributed by atoms with Gasteiger partial charge in [-0.25, -0.2) is 4.98 Å². The van der Waals surface area contributed by atoms with Crippen LogP contribution in [0.4, 0.5) is 5.82 Å². The number of aromatic amines is 1. The highest BCUT2D eigenvalue weighted by Gasteiger charge is 2.38. The summed E-state index contributed by atoms with van der Waals surface area (Å²) in [5, 5.41) is 6.50. The summed E-state index contributed by atoms with van der Waals surface area (Å²) >= 11 is 9.24. The number of halogens is 1. The van der Waals surface area contributed by atoms with E-state index in [9.17, 15) is 9.59 Å². The van der Waals surface area contributed by atoms with Gasteiger partial charge in [-0.3, -0.25) is 9.59 Å². The number of anilines is 1. The summed E-state index contributed by atoms with van der Waals surface area (Å²) in [5.74, 6) is 0.905. The van der Waals surface area contributed by atoms with Crippen LogP contribution in [0.15, 0.2) is 63.0 Å². The molecule has 0 bridgehead atoms. The van der Waals surface area contributed by atoms with Crippen molar-refractivity contribution in [2.75, 3.05) is 5.32 Å². The number of nitrogens with one attached hydrogen (secondary N) is 2. The largest absolute Gasteiger partial charge is 0.343 e. The predicted octanol–water partition coefficient (Wildman–Crippen LogP) is 5.34. The summed E-state index contributed by atoms with van der Waals surface area (Å²) in [6.45, 7) is 0. The van der Waals surface area contributed by atoms with Crippen LogP contribution < -0.4 is 10.9 Å². The number of thioether (sulfide) groups is 1. The van der Waals surface area contributed by atoms with E-state index < -0.39 is 0 Å². The van der Waals surface area contributed by atoms with E-state index in [0.29, 0.717) is 33.7 Å². The van der Waals surface area contributed by atoms with Crippen molar-refractivity contribution in [2.45, 2.75) is 36.1 Å².